The van der Waals surface area contributed by atoms with E-state index < -0.39 is 0 Å². The number of hydrazine groups is 1. The van der Waals surface area contributed by atoms with E-state index in [1.54, 1.807) is 0 Å². The Morgan fingerprint density at radius 2 is 2.55 bits per heavy atom. The minimum atomic E-state index is 0.647. The van der Waals surface area contributed by atoms with E-state index in [1.165, 1.54) is 6.42 Å². The van der Waals surface area contributed by atoms with E-state index in [4.69, 9.17) is 4.74 Å². The Balaban J connectivity index is 1.98. The number of rotatable bonds is 1. The van der Waals surface area contributed by atoms with Crippen molar-refractivity contribution in [3.8, 4) is 0 Å². The van der Waals surface area contributed by atoms with Gasteiger partial charge < -0.3 is 4.74 Å². The summed E-state index contributed by atoms with van der Waals surface area (Å²) in [6.45, 7) is 6.27. The predicted molar refractivity (Wildman–Crippen MR) is 43.1 cm³/mol. The second kappa shape index (κ2) is 3.09. The number of hydrogen-bond donors (Lipinski definition) is 1. The van der Waals surface area contributed by atoms with Crippen molar-refractivity contribution in [2.75, 3.05) is 26.3 Å². The third-order valence-electron chi connectivity index (χ3n) is 2.79. The first-order valence-electron chi connectivity index (χ1n) is 4.49. The summed E-state index contributed by atoms with van der Waals surface area (Å²) in [6, 6.07) is 0.647. The van der Waals surface area contributed by atoms with E-state index in [-0.39, 0.29) is 0 Å². The Morgan fingerprint density at radius 1 is 1.64 bits per heavy atom. The first-order valence-corrected chi connectivity index (χ1v) is 4.49. The Morgan fingerprint density at radius 3 is 3.36 bits per heavy atom. The maximum atomic E-state index is 5.43. The van der Waals surface area contributed by atoms with Gasteiger partial charge in [0.05, 0.1) is 19.3 Å². The topological polar surface area (TPSA) is 24.5 Å². The van der Waals surface area contributed by atoms with Gasteiger partial charge in [-0.25, -0.2) is 5.01 Å². The molecule has 0 saturated carbocycles. The summed E-state index contributed by atoms with van der Waals surface area (Å²) >= 11 is 0. The van der Waals surface area contributed by atoms with Crippen LogP contribution in [0, 0.1) is 5.92 Å². The van der Waals surface area contributed by atoms with Gasteiger partial charge >= 0.3 is 0 Å². The van der Waals surface area contributed by atoms with Crippen LogP contribution >= 0.6 is 0 Å². The van der Waals surface area contributed by atoms with Crippen LogP contribution < -0.4 is 5.43 Å². The van der Waals surface area contributed by atoms with Crippen LogP contribution in [0.4, 0.5) is 0 Å². The average molecular weight is 156 g/mol. The van der Waals surface area contributed by atoms with Gasteiger partial charge in [0.15, 0.2) is 0 Å². The molecule has 2 rings (SSSR count). The zero-order valence-electron chi connectivity index (χ0n) is 7.05. The molecular formula is C8H16N2O. The molecule has 2 aliphatic heterocycles. The van der Waals surface area contributed by atoms with E-state index in [1.807, 2.05) is 0 Å². The SMILES string of the molecule is CCC1CNN2CCOCC12. The fourth-order valence-corrected chi connectivity index (χ4v) is 2.00. The highest BCUT2D eigenvalue weighted by molar-refractivity contribution is 4.85. The molecule has 2 saturated heterocycles. The highest BCUT2D eigenvalue weighted by Crippen LogP contribution is 2.21. The second-order valence-corrected chi connectivity index (χ2v) is 3.37. The molecule has 64 valence electrons. The predicted octanol–water partition coefficient (Wildman–Crippen LogP) is 0.232. The molecule has 2 aliphatic rings. The molecule has 0 aromatic heterocycles. The molecule has 2 atom stereocenters. The van der Waals surface area contributed by atoms with E-state index in [0.29, 0.717) is 6.04 Å². The molecule has 3 heteroatoms. The van der Waals surface area contributed by atoms with Gasteiger partial charge in [0.1, 0.15) is 0 Å². The first kappa shape index (κ1) is 7.53. The van der Waals surface area contributed by atoms with Crippen LogP contribution in [0.2, 0.25) is 0 Å². The maximum Gasteiger partial charge on any atom is 0.0639 e. The van der Waals surface area contributed by atoms with Crippen LogP contribution in [0.15, 0.2) is 0 Å². The third-order valence-corrected chi connectivity index (χ3v) is 2.79. The van der Waals surface area contributed by atoms with Crippen molar-refractivity contribution in [3.63, 3.8) is 0 Å². The highest BCUT2D eigenvalue weighted by Gasteiger charge is 2.34. The molecule has 11 heavy (non-hydrogen) atoms. The van der Waals surface area contributed by atoms with Gasteiger partial charge in [-0.1, -0.05) is 13.3 Å². The average Bonchev–Trinajstić information content (AvgIpc) is 2.47. The summed E-state index contributed by atoms with van der Waals surface area (Å²) in [6.07, 6.45) is 1.26. The van der Waals surface area contributed by atoms with Gasteiger partial charge in [0, 0.05) is 13.1 Å². The van der Waals surface area contributed by atoms with Crippen LogP contribution in [0.5, 0.6) is 0 Å². The van der Waals surface area contributed by atoms with E-state index in [9.17, 15) is 0 Å². The van der Waals surface area contributed by atoms with Crippen molar-refractivity contribution in [3.05, 3.63) is 0 Å². The van der Waals surface area contributed by atoms with E-state index in [2.05, 4.69) is 17.4 Å². The largest absolute Gasteiger partial charge is 0.378 e. The molecule has 2 unspecified atom stereocenters. The van der Waals surface area contributed by atoms with Crippen LogP contribution in [-0.2, 0) is 4.74 Å². The smallest absolute Gasteiger partial charge is 0.0639 e. The van der Waals surface area contributed by atoms with Crippen molar-refractivity contribution in [2.24, 2.45) is 5.92 Å². The number of hydrogen-bond acceptors (Lipinski definition) is 3. The maximum absolute atomic E-state index is 5.43. The molecule has 0 spiro atoms. The Kier molecular flexibility index (Phi) is 2.11. The van der Waals surface area contributed by atoms with E-state index >= 15 is 0 Å². The number of morpholine rings is 1. The molecule has 0 radical (unpaired) electrons. The van der Waals surface area contributed by atoms with Crippen LogP contribution in [0.25, 0.3) is 0 Å². The lowest BCUT2D eigenvalue weighted by Gasteiger charge is -2.30. The summed E-state index contributed by atoms with van der Waals surface area (Å²) in [5.74, 6) is 0.801. The van der Waals surface area contributed by atoms with Crippen molar-refractivity contribution in [1.82, 2.24) is 10.4 Å². The summed E-state index contributed by atoms with van der Waals surface area (Å²) < 4.78 is 5.43. The molecule has 0 aliphatic carbocycles. The van der Waals surface area contributed by atoms with Gasteiger partial charge in [0.2, 0.25) is 0 Å². The lowest BCUT2D eigenvalue weighted by Crippen LogP contribution is -2.47. The van der Waals surface area contributed by atoms with Crippen molar-refractivity contribution >= 4 is 0 Å². The number of ether oxygens (including phenoxy) is 1. The summed E-state index contributed by atoms with van der Waals surface area (Å²) in [7, 11) is 0. The van der Waals surface area contributed by atoms with Gasteiger partial charge in [-0.3, -0.25) is 5.43 Å². The highest BCUT2D eigenvalue weighted by atomic mass is 16.5. The molecule has 2 heterocycles. The second-order valence-electron chi connectivity index (χ2n) is 3.37. The number of fused-ring (bicyclic) bond motifs is 1. The summed E-state index contributed by atoms with van der Waals surface area (Å²) in [5.41, 5.74) is 3.41. The Labute approximate surface area is 67.7 Å². The minimum Gasteiger partial charge on any atom is -0.378 e. The summed E-state index contributed by atoms with van der Waals surface area (Å²) in [4.78, 5) is 0. The summed E-state index contributed by atoms with van der Waals surface area (Å²) in [5, 5.41) is 2.34. The monoisotopic (exact) mass is 156 g/mol. The molecule has 0 bridgehead atoms. The van der Waals surface area contributed by atoms with Gasteiger partial charge in [-0.2, -0.15) is 0 Å². The van der Waals surface area contributed by atoms with Crippen molar-refractivity contribution in [1.29, 1.82) is 0 Å². The zero-order valence-corrected chi connectivity index (χ0v) is 7.05. The molecule has 3 nitrogen and oxygen atoms in total. The van der Waals surface area contributed by atoms with Gasteiger partial charge in [-0.05, 0) is 5.92 Å². The molecular weight excluding hydrogens is 140 g/mol. The fourth-order valence-electron chi connectivity index (χ4n) is 2.00. The fraction of sp³-hybridized carbons (Fsp3) is 1.00. The lowest BCUT2D eigenvalue weighted by molar-refractivity contribution is -0.0168. The molecule has 0 aromatic rings. The van der Waals surface area contributed by atoms with Crippen LogP contribution in [0.1, 0.15) is 13.3 Å². The quantitative estimate of drug-likeness (QED) is 0.588. The lowest BCUT2D eigenvalue weighted by atomic mass is 9.99. The number of nitrogens with zero attached hydrogens (tertiary/aromatic N) is 1. The van der Waals surface area contributed by atoms with Crippen LogP contribution in [0.3, 0.4) is 0 Å². The van der Waals surface area contributed by atoms with Crippen molar-refractivity contribution < 1.29 is 4.74 Å². The van der Waals surface area contributed by atoms with E-state index in [0.717, 1.165) is 32.2 Å². The molecule has 0 amide bonds. The van der Waals surface area contributed by atoms with Crippen LogP contribution in [-0.4, -0.2) is 37.4 Å². The van der Waals surface area contributed by atoms with Gasteiger partial charge in [0.25, 0.3) is 0 Å². The standard InChI is InChI=1S/C8H16N2O/c1-2-7-5-9-10-3-4-11-6-8(7)10/h7-9H,2-6H2,1H3. The minimum absolute atomic E-state index is 0.647. The Hall–Kier alpha value is -0.120. The van der Waals surface area contributed by atoms with Crippen molar-refractivity contribution in [2.45, 2.75) is 19.4 Å². The molecule has 0 aromatic carbocycles. The normalized spacial score (nSPS) is 39.0. The van der Waals surface area contributed by atoms with Gasteiger partial charge in [-0.15, -0.1) is 0 Å². The molecule has 1 N–H and O–H groups in total. The number of nitrogens with one attached hydrogen (secondary N) is 1. The first-order chi connectivity index (χ1) is 5.42. The zero-order chi connectivity index (χ0) is 7.68. The Bertz CT molecular complexity index is 134. The third kappa shape index (κ3) is 1.28. The molecule has 2 fully saturated rings.